The lowest BCUT2D eigenvalue weighted by Gasteiger charge is -2.10. The third kappa shape index (κ3) is 2.23. The van der Waals surface area contributed by atoms with E-state index in [0.29, 0.717) is 4.47 Å². The van der Waals surface area contributed by atoms with Crippen LogP contribution < -0.4 is 5.30 Å². The Morgan fingerprint density at radius 3 is 2.50 bits per heavy atom. The standard InChI is InChI=1S/C9H8BrFNOP/c1-12-8-5-6(10)4-7(11)9(8)14(2,3)13/h4-5H,2-3H3. The first kappa shape index (κ1) is 11.4. The Balaban J connectivity index is 3.59. The molecular formula is C9H8BrFNOP. The Labute approximate surface area is 90.5 Å². The third-order valence-electron chi connectivity index (χ3n) is 1.67. The van der Waals surface area contributed by atoms with E-state index in [-0.39, 0.29) is 11.0 Å². The van der Waals surface area contributed by atoms with E-state index < -0.39 is 13.0 Å². The summed E-state index contributed by atoms with van der Waals surface area (Å²) in [5, 5.41) is 0.0377. The van der Waals surface area contributed by atoms with Crippen molar-refractivity contribution in [3.05, 3.63) is 33.8 Å². The van der Waals surface area contributed by atoms with Gasteiger partial charge in [-0.2, -0.15) is 0 Å². The monoisotopic (exact) mass is 275 g/mol. The number of hydrogen-bond acceptors (Lipinski definition) is 1. The molecule has 0 aliphatic carbocycles. The summed E-state index contributed by atoms with van der Waals surface area (Å²) >= 11 is 3.08. The molecule has 2 nitrogen and oxygen atoms in total. The van der Waals surface area contributed by atoms with Crippen LogP contribution in [0.4, 0.5) is 10.1 Å². The van der Waals surface area contributed by atoms with Gasteiger partial charge in [-0.3, -0.25) is 0 Å². The van der Waals surface area contributed by atoms with E-state index in [1.165, 1.54) is 25.5 Å². The number of nitrogens with zero attached hydrogens (tertiary/aromatic N) is 1. The summed E-state index contributed by atoms with van der Waals surface area (Å²) in [6, 6.07) is 2.70. The lowest BCUT2D eigenvalue weighted by Crippen LogP contribution is -2.08. The summed E-state index contributed by atoms with van der Waals surface area (Å²) in [7, 11) is -2.74. The van der Waals surface area contributed by atoms with Crippen LogP contribution in [0.3, 0.4) is 0 Å². The van der Waals surface area contributed by atoms with E-state index in [0.717, 1.165) is 0 Å². The highest BCUT2D eigenvalue weighted by molar-refractivity contribution is 9.10. The molecule has 0 aromatic heterocycles. The van der Waals surface area contributed by atoms with E-state index in [9.17, 15) is 8.96 Å². The van der Waals surface area contributed by atoms with Gasteiger partial charge in [-0.05, 0) is 25.5 Å². The second-order valence-electron chi connectivity index (χ2n) is 3.22. The molecule has 5 heteroatoms. The van der Waals surface area contributed by atoms with Crippen LogP contribution in [0.15, 0.2) is 16.6 Å². The van der Waals surface area contributed by atoms with Crippen molar-refractivity contribution in [3.63, 3.8) is 0 Å². The van der Waals surface area contributed by atoms with Crippen LogP contribution in [0.5, 0.6) is 0 Å². The molecule has 0 atom stereocenters. The van der Waals surface area contributed by atoms with Crippen molar-refractivity contribution in [2.75, 3.05) is 13.3 Å². The fraction of sp³-hybridized carbons (Fsp3) is 0.222. The summed E-state index contributed by atoms with van der Waals surface area (Å²) in [5.74, 6) is -0.585. The SMILES string of the molecule is [C-]#[N+]c1cc(Br)cc(F)c1P(C)(C)=O. The van der Waals surface area contributed by atoms with Gasteiger partial charge in [0.15, 0.2) is 0 Å². The minimum Gasteiger partial charge on any atom is -0.320 e. The number of hydrogen-bond donors (Lipinski definition) is 0. The highest BCUT2D eigenvalue weighted by Crippen LogP contribution is 2.40. The first-order valence-corrected chi connectivity index (χ1v) is 7.17. The molecule has 1 rings (SSSR count). The molecule has 0 saturated carbocycles. The molecule has 0 aliphatic rings. The fourth-order valence-corrected chi connectivity index (χ4v) is 2.83. The minimum atomic E-state index is -2.74. The van der Waals surface area contributed by atoms with Gasteiger partial charge >= 0.3 is 0 Å². The molecule has 0 heterocycles. The molecule has 0 spiro atoms. The summed E-state index contributed by atoms with van der Waals surface area (Å²) in [6.07, 6.45) is 0. The summed E-state index contributed by atoms with van der Waals surface area (Å²) in [6.45, 7) is 9.78. The van der Waals surface area contributed by atoms with E-state index in [1.54, 1.807) is 0 Å². The molecule has 0 bridgehead atoms. The molecule has 0 amide bonds. The minimum absolute atomic E-state index is 0.0377. The van der Waals surface area contributed by atoms with Gasteiger partial charge in [0, 0.05) is 4.47 Å². The topological polar surface area (TPSA) is 21.4 Å². The Morgan fingerprint density at radius 2 is 2.07 bits per heavy atom. The molecule has 1 aromatic carbocycles. The van der Waals surface area contributed by atoms with Crippen molar-refractivity contribution in [1.82, 2.24) is 0 Å². The van der Waals surface area contributed by atoms with Crippen molar-refractivity contribution in [3.8, 4) is 0 Å². The van der Waals surface area contributed by atoms with Crippen LogP contribution in [0.2, 0.25) is 0 Å². The van der Waals surface area contributed by atoms with Crippen LogP contribution in [-0.4, -0.2) is 13.3 Å². The first-order valence-electron chi connectivity index (χ1n) is 3.78. The Hall–Kier alpha value is -0.650. The molecule has 0 aliphatic heterocycles. The number of halogens is 2. The van der Waals surface area contributed by atoms with E-state index >= 15 is 0 Å². The average molecular weight is 276 g/mol. The van der Waals surface area contributed by atoms with Crippen LogP contribution in [0.1, 0.15) is 0 Å². The highest BCUT2D eigenvalue weighted by Gasteiger charge is 2.21. The summed E-state index contributed by atoms with van der Waals surface area (Å²) in [5.41, 5.74) is 0.116. The lowest BCUT2D eigenvalue weighted by atomic mass is 10.3. The third-order valence-corrected chi connectivity index (χ3v) is 3.64. The van der Waals surface area contributed by atoms with E-state index in [1.807, 2.05) is 0 Å². The molecule has 1 aromatic rings. The predicted molar refractivity (Wildman–Crippen MR) is 59.5 cm³/mol. The van der Waals surface area contributed by atoms with Gasteiger partial charge in [0.25, 0.3) is 0 Å². The maximum absolute atomic E-state index is 13.4. The van der Waals surface area contributed by atoms with Gasteiger partial charge in [0.1, 0.15) is 13.0 Å². The van der Waals surface area contributed by atoms with Crippen molar-refractivity contribution in [1.29, 1.82) is 0 Å². The van der Waals surface area contributed by atoms with Crippen molar-refractivity contribution in [2.24, 2.45) is 0 Å². The van der Waals surface area contributed by atoms with Gasteiger partial charge in [-0.1, -0.05) is 15.9 Å². The quantitative estimate of drug-likeness (QED) is 0.569. The van der Waals surface area contributed by atoms with Crippen LogP contribution in [-0.2, 0) is 4.57 Å². The summed E-state index contributed by atoms with van der Waals surface area (Å²) < 4.78 is 25.7. The zero-order valence-corrected chi connectivity index (χ0v) is 10.2. The average Bonchev–Trinajstić information content (AvgIpc) is 1.99. The van der Waals surface area contributed by atoms with Gasteiger partial charge < -0.3 is 4.57 Å². The molecule has 14 heavy (non-hydrogen) atoms. The Bertz CT molecular complexity index is 461. The van der Waals surface area contributed by atoms with E-state index in [4.69, 9.17) is 6.57 Å². The fourth-order valence-electron chi connectivity index (χ4n) is 1.17. The van der Waals surface area contributed by atoms with Gasteiger partial charge in [-0.25, -0.2) is 9.24 Å². The highest BCUT2D eigenvalue weighted by atomic mass is 79.9. The predicted octanol–water partition coefficient (Wildman–Crippen LogP) is 3.39. The van der Waals surface area contributed by atoms with Crippen molar-refractivity contribution in [2.45, 2.75) is 0 Å². The molecule has 0 N–H and O–H groups in total. The van der Waals surface area contributed by atoms with E-state index in [2.05, 4.69) is 20.8 Å². The number of benzene rings is 1. The lowest BCUT2D eigenvalue weighted by molar-refractivity contribution is 0.585. The molecular weight excluding hydrogens is 268 g/mol. The van der Waals surface area contributed by atoms with Crippen LogP contribution >= 0.6 is 23.1 Å². The molecule has 74 valence electrons. The van der Waals surface area contributed by atoms with Crippen molar-refractivity contribution < 1.29 is 8.96 Å². The summed E-state index contributed by atoms with van der Waals surface area (Å²) in [4.78, 5) is 3.17. The van der Waals surface area contributed by atoms with Gasteiger partial charge in [-0.15, -0.1) is 0 Å². The zero-order valence-electron chi connectivity index (χ0n) is 7.71. The molecule has 0 unspecified atom stereocenters. The van der Waals surface area contributed by atoms with Crippen LogP contribution in [0.25, 0.3) is 4.85 Å². The van der Waals surface area contributed by atoms with Gasteiger partial charge in [0.05, 0.1) is 11.9 Å². The zero-order chi connectivity index (χ0) is 10.9. The maximum atomic E-state index is 13.4. The second kappa shape index (κ2) is 3.84. The van der Waals surface area contributed by atoms with Crippen LogP contribution in [0, 0.1) is 12.4 Å². The molecule has 0 saturated heterocycles. The Kier molecular flexibility index (Phi) is 3.14. The largest absolute Gasteiger partial charge is 0.320 e. The molecule has 0 radical (unpaired) electrons. The van der Waals surface area contributed by atoms with Gasteiger partial charge in [0.2, 0.25) is 5.69 Å². The first-order chi connectivity index (χ1) is 6.36. The normalized spacial score (nSPS) is 11.1. The Morgan fingerprint density at radius 1 is 1.50 bits per heavy atom. The number of rotatable bonds is 1. The molecule has 0 fully saturated rings. The maximum Gasteiger partial charge on any atom is 0.201 e. The smallest absolute Gasteiger partial charge is 0.201 e. The van der Waals surface area contributed by atoms with Crippen molar-refractivity contribution >= 4 is 34.1 Å². The second-order valence-corrected chi connectivity index (χ2v) is 7.28.